The molecule has 10 aromatic rings. The fraction of sp³-hybridized carbons (Fsp3) is 0.344. The molecule has 48 heteroatoms. The average Bonchev–Trinajstić information content (AvgIpc) is 1.65. The number of benzene rings is 2. The van der Waals surface area contributed by atoms with Gasteiger partial charge >= 0.3 is 95.9 Å². The van der Waals surface area contributed by atoms with Gasteiger partial charge in [0, 0.05) is 117 Å². The van der Waals surface area contributed by atoms with Crippen LogP contribution in [0.3, 0.4) is 0 Å². The minimum atomic E-state index is -4.27. The molecular formula is C61H70BrCl2LiN16Na2O22S4. The summed E-state index contributed by atoms with van der Waals surface area (Å²) in [4.78, 5) is 69.0. The molecule has 2 aliphatic heterocycles. The van der Waals surface area contributed by atoms with Gasteiger partial charge in [-0.25, -0.2) is 38.7 Å². The van der Waals surface area contributed by atoms with Gasteiger partial charge in [-0.3, -0.25) is 32.8 Å². The minimum Gasteiger partial charge on any atom is -0.917 e. The van der Waals surface area contributed by atoms with Crippen LogP contribution in [0.2, 0.25) is 10.0 Å². The molecule has 6 N–H and O–H groups in total. The predicted octanol–water partition coefficient (Wildman–Crippen LogP) is -4.11. The molecule has 0 unspecified atom stereocenters. The summed E-state index contributed by atoms with van der Waals surface area (Å²) < 4.78 is 145. The maximum absolute atomic E-state index is 12.9. The molecule has 574 valence electrons. The summed E-state index contributed by atoms with van der Waals surface area (Å²) in [7, 11) is -12.6. The van der Waals surface area contributed by atoms with Crippen molar-refractivity contribution in [2.45, 2.75) is 57.3 Å². The second kappa shape index (κ2) is 45.7. The molecule has 0 bridgehead atoms. The Labute approximate surface area is 700 Å². The van der Waals surface area contributed by atoms with E-state index in [0.717, 1.165) is 47.7 Å². The first-order chi connectivity index (χ1) is 49.8. The van der Waals surface area contributed by atoms with Gasteiger partial charge in [-0.05, 0) is 103 Å². The third-order valence-corrected chi connectivity index (χ3v) is 17.8. The van der Waals surface area contributed by atoms with E-state index in [2.05, 4.69) is 71.4 Å². The molecule has 8 aromatic heterocycles. The number of carboxylic acids is 1. The smallest absolute Gasteiger partial charge is 0.917 e. The van der Waals surface area contributed by atoms with Crippen LogP contribution in [0, 0.1) is 0 Å². The maximum Gasteiger partial charge on any atom is 1.00 e. The molecule has 109 heavy (non-hydrogen) atoms. The number of rotatable bonds is 20. The zero-order valence-corrected chi connectivity index (χ0v) is 69.9. The zero-order valence-electron chi connectivity index (χ0n) is 59.6. The molecule has 38 nitrogen and oxygen atoms in total. The molecule has 2 aliphatic rings. The number of carbonyl (C=O) groups is 4. The number of fused-ring (bicyclic) bond motifs is 4. The number of esters is 2. The fourth-order valence-corrected chi connectivity index (χ4v) is 12.9. The number of nitrogens with zero attached hydrogens (tertiary/aromatic N) is 15. The van der Waals surface area contributed by atoms with E-state index >= 15 is 0 Å². The van der Waals surface area contributed by atoms with Crippen LogP contribution in [-0.2, 0) is 122 Å². The monoisotopic (exact) mass is 1710 g/mol. The van der Waals surface area contributed by atoms with Crippen molar-refractivity contribution >= 4 is 160 Å². The minimum absolute atomic E-state index is 0. The third kappa shape index (κ3) is 30.0. The Morgan fingerprint density at radius 1 is 0.541 bits per heavy atom. The van der Waals surface area contributed by atoms with Crippen molar-refractivity contribution in [1.82, 2.24) is 69.3 Å². The first kappa shape index (κ1) is 96.4. The Bertz CT molecular complexity index is 5150. The van der Waals surface area contributed by atoms with Gasteiger partial charge in [-0.1, -0.05) is 23.2 Å². The molecular weight excluding hydrogens is 1640 g/mol. The van der Waals surface area contributed by atoms with Gasteiger partial charge in [-0.2, -0.15) is 56.6 Å². The van der Waals surface area contributed by atoms with E-state index in [4.69, 9.17) is 69.3 Å². The summed E-state index contributed by atoms with van der Waals surface area (Å²) in [5.74, 6) is -2.69. The van der Waals surface area contributed by atoms with Crippen molar-refractivity contribution in [2.75, 3.05) is 89.6 Å². The summed E-state index contributed by atoms with van der Waals surface area (Å²) in [6.07, 6.45) is 6.15. The summed E-state index contributed by atoms with van der Waals surface area (Å²) in [6, 6.07) is 24.9. The Morgan fingerprint density at radius 2 is 0.872 bits per heavy atom. The van der Waals surface area contributed by atoms with Crippen LogP contribution in [0.25, 0.3) is 44.1 Å². The van der Waals surface area contributed by atoms with Crippen molar-refractivity contribution in [3.8, 4) is 11.5 Å². The predicted molar refractivity (Wildman–Crippen MR) is 386 cm³/mol. The van der Waals surface area contributed by atoms with Crippen LogP contribution in [0.5, 0.6) is 11.5 Å². The summed E-state index contributed by atoms with van der Waals surface area (Å²) in [6.45, 7) is 9.91. The van der Waals surface area contributed by atoms with Gasteiger partial charge in [0.2, 0.25) is 5.91 Å². The number of amides is 1. The first-order valence-electron chi connectivity index (χ1n) is 31.0. The Morgan fingerprint density at radius 3 is 1.22 bits per heavy atom. The van der Waals surface area contributed by atoms with Crippen LogP contribution in [-0.4, -0.2) is 222 Å². The van der Waals surface area contributed by atoms with Gasteiger partial charge in [0.1, 0.15) is 59.5 Å². The third-order valence-electron chi connectivity index (χ3n) is 14.7. The number of carbonyl (C=O) groups excluding carboxylic acids is 3. The van der Waals surface area contributed by atoms with Gasteiger partial charge in [-0.15, -0.1) is 0 Å². The van der Waals surface area contributed by atoms with Gasteiger partial charge in [0.15, 0.2) is 22.6 Å². The number of methoxy groups -OCH3 is 2. The quantitative estimate of drug-likeness (QED) is 0.0159. The topological polar surface area (TPSA) is 520 Å². The van der Waals surface area contributed by atoms with Crippen LogP contribution in [0.15, 0.2) is 114 Å². The molecule has 0 atom stereocenters. The van der Waals surface area contributed by atoms with Gasteiger partial charge < -0.3 is 62.5 Å². The molecule has 0 radical (unpaired) electrons. The second-order valence-corrected chi connectivity index (χ2v) is 28.2. The fourth-order valence-electron chi connectivity index (χ4n) is 10.3. The number of aliphatic carboxylic acids is 1. The number of anilines is 2. The summed E-state index contributed by atoms with van der Waals surface area (Å²) in [5.41, 5.74) is 4.20. The maximum atomic E-state index is 12.9. The number of nitrogens with one attached hydrogen (secondary N) is 1. The number of ether oxygens (including phenoxy) is 4. The van der Waals surface area contributed by atoms with Crippen LogP contribution < -0.4 is 103 Å². The van der Waals surface area contributed by atoms with Gasteiger partial charge in [0.25, 0.3) is 30.4 Å². The second-order valence-electron chi connectivity index (χ2n) is 21.9. The van der Waals surface area contributed by atoms with Crippen molar-refractivity contribution in [2.24, 2.45) is 0 Å². The molecule has 2 fully saturated rings. The van der Waals surface area contributed by atoms with E-state index in [9.17, 15) is 49.0 Å². The van der Waals surface area contributed by atoms with Crippen LogP contribution in [0.4, 0.5) is 11.4 Å². The Balaban J connectivity index is 0.000000355. The number of halogens is 3. The Hall–Kier alpha value is -6.78. The van der Waals surface area contributed by atoms with Crippen LogP contribution >= 0.6 is 39.1 Å². The Kier molecular flexibility index (Phi) is 40.4. The van der Waals surface area contributed by atoms with E-state index in [-0.39, 0.29) is 144 Å². The van der Waals surface area contributed by atoms with E-state index in [1.54, 1.807) is 87.8 Å². The molecule has 0 spiro atoms. The van der Waals surface area contributed by atoms with E-state index in [0.29, 0.717) is 86.3 Å². The van der Waals surface area contributed by atoms with E-state index < -0.39 is 77.1 Å². The molecule has 10 heterocycles. The average molecular weight is 1710 g/mol. The molecule has 1 amide bonds. The van der Waals surface area contributed by atoms with Crippen molar-refractivity contribution in [1.29, 1.82) is 0 Å². The number of pyridine rings is 4. The van der Waals surface area contributed by atoms with Gasteiger partial charge in [0.05, 0.1) is 59.9 Å². The van der Waals surface area contributed by atoms with Crippen LogP contribution in [0.1, 0.15) is 30.9 Å². The zero-order chi connectivity index (χ0) is 76.8. The number of hydrogen-bond donors (Lipinski definition) is 5. The molecule has 2 aromatic carbocycles. The first-order valence-corrected chi connectivity index (χ1v) is 38.4. The number of carboxylic acid groups (broad SMARTS) is 1. The van der Waals surface area contributed by atoms with Crippen molar-refractivity contribution < 1.29 is 179 Å². The number of hydrogen-bond acceptors (Lipinski definition) is 30. The largest absolute Gasteiger partial charge is 1.00 e. The van der Waals surface area contributed by atoms with E-state index in [1.165, 1.54) is 32.1 Å². The standard InChI is InChI=1S/C20H22ClN5O5S.C11H15ClN2O.C11H13N3O5S.C10H10BrN3O2.C9H9N3O5S.Li.2Na.O3S.H2O/c1-31-18-11-14(4-5-16(18)21)24-7-9-25(10-8-24)19(27)12-26-20-15(3-2-6-22-20)17(23-26)13-32(28,29)30;1-15-11-8-9(2-3-10(11)12)14-6-4-13-5-7-14;1-2-19-10(15)6-14-11-8(4-3-5-12-11)9(13-14)7-20(16,17)18;1-2-16-8(15)6-14-10-7(9(11)13-14)4-3-5-12-10;13-8(14)4-12-9-6(2-1-3-10-9)7(11-12)5-18(15,16)17;;;;1-4(2)3;/h2-6,11H,7-10,12-13H2,1H3,(H,28,29,30);2-3,8,13H,4-7H2,1H3;3-5H,2,6-7H2,1H3,(H,16,17,18);3-5H,2,6H2,1H3;1-3H,4-5H2,(H,13,14)(H,15,16,17);;;;;1H2/q;;;;;3*+1;-2;/p-1. The number of piperazine rings is 2. The summed E-state index contributed by atoms with van der Waals surface area (Å²) in [5, 5.41) is 31.7. The summed E-state index contributed by atoms with van der Waals surface area (Å²) >= 11 is 15.4. The van der Waals surface area contributed by atoms with E-state index in [1.807, 2.05) is 42.5 Å². The normalized spacial score (nSPS) is 12.6. The SMILES string of the molecule is CCOC(=O)Cn1nc(Br)c2cccnc21.CCOC(=O)Cn1nc(CS(=O)(=O)O)c2cccnc21.COc1cc(N2CCN(C(=O)Cn3nc(CS(=O)(=O)O)c4cccnc43)CC2)ccc1Cl.COc1cc(N2CCNCC2)ccc1Cl.O=C(O)Cn1nc(CS(=O)(=O)O)c2cccnc21.O=[S-](=O)[O-].[Li+].[Na+].[Na+].[OH-]. The molecule has 12 rings (SSSR count). The van der Waals surface area contributed by atoms with Crippen molar-refractivity contribution in [3.05, 3.63) is 141 Å². The number of aromatic nitrogens is 12. The molecule has 2 saturated heterocycles. The molecule has 0 saturated carbocycles. The molecule has 0 aliphatic carbocycles. The van der Waals surface area contributed by atoms with Crippen molar-refractivity contribution in [3.63, 3.8) is 0 Å².